The van der Waals surface area contributed by atoms with Crippen LogP contribution in [-0.4, -0.2) is 17.3 Å². The van der Waals surface area contributed by atoms with Crippen LogP contribution in [-0.2, 0) is 6.61 Å². The normalized spacial score (nSPS) is 29.0. The van der Waals surface area contributed by atoms with Crippen molar-refractivity contribution >= 4 is 0 Å². The summed E-state index contributed by atoms with van der Waals surface area (Å²) < 4.78 is 5.99. The molecule has 3 heteroatoms. The van der Waals surface area contributed by atoms with Gasteiger partial charge in [-0.05, 0) is 49.1 Å². The number of nitrogens with one attached hydrogen (secondary N) is 1. The molecular weight excluding hydrogens is 310 g/mol. The van der Waals surface area contributed by atoms with Gasteiger partial charge < -0.3 is 15.2 Å². The van der Waals surface area contributed by atoms with Crippen LogP contribution < -0.4 is 10.1 Å². The van der Waals surface area contributed by atoms with Gasteiger partial charge >= 0.3 is 0 Å². The van der Waals surface area contributed by atoms with Crippen LogP contribution in [0.15, 0.2) is 54.6 Å². The van der Waals surface area contributed by atoms with Gasteiger partial charge in [0.05, 0.1) is 5.60 Å². The first-order chi connectivity index (χ1) is 12.2. The number of rotatable bonds is 4. The average Bonchev–Trinajstić information content (AvgIpc) is 2.66. The number of benzene rings is 2. The number of fused-ring (bicyclic) bond motifs is 1. The van der Waals surface area contributed by atoms with E-state index in [0.717, 1.165) is 38.0 Å². The SMILES string of the molecule is O[C@@]12CCCC[C@H]1[C@@H](c1cccc(OCc3ccccc3)c1)NCC2. The third-order valence-electron chi connectivity index (χ3n) is 5.86. The summed E-state index contributed by atoms with van der Waals surface area (Å²) in [5.41, 5.74) is 1.91. The Morgan fingerprint density at radius 2 is 1.92 bits per heavy atom. The minimum atomic E-state index is -0.491. The molecule has 2 aliphatic rings. The van der Waals surface area contributed by atoms with Crippen molar-refractivity contribution in [1.29, 1.82) is 0 Å². The lowest BCUT2D eigenvalue weighted by atomic mass is 9.67. The van der Waals surface area contributed by atoms with Crippen LogP contribution in [0, 0.1) is 5.92 Å². The van der Waals surface area contributed by atoms with Gasteiger partial charge in [0.1, 0.15) is 12.4 Å². The highest BCUT2D eigenvalue weighted by Gasteiger charge is 2.45. The molecule has 1 aliphatic heterocycles. The molecule has 3 nitrogen and oxygen atoms in total. The third-order valence-corrected chi connectivity index (χ3v) is 5.86. The smallest absolute Gasteiger partial charge is 0.120 e. The number of hydrogen-bond acceptors (Lipinski definition) is 3. The molecule has 0 aromatic heterocycles. The molecule has 25 heavy (non-hydrogen) atoms. The van der Waals surface area contributed by atoms with Crippen LogP contribution in [0.2, 0.25) is 0 Å². The fraction of sp³-hybridized carbons (Fsp3) is 0.455. The number of ether oxygens (including phenoxy) is 1. The van der Waals surface area contributed by atoms with Crippen molar-refractivity contribution in [3.63, 3.8) is 0 Å². The van der Waals surface area contributed by atoms with Gasteiger partial charge in [-0.3, -0.25) is 0 Å². The molecule has 132 valence electrons. The zero-order chi connectivity index (χ0) is 17.1. The van der Waals surface area contributed by atoms with Crippen molar-refractivity contribution < 1.29 is 9.84 Å². The molecule has 2 aromatic rings. The van der Waals surface area contributed by atoms with E-state index >= 15 is 0 Å². The maximum atomic E-state index is 11.1. The maximum Gasteiger partial charge on any atom is 0.120 e. The molecule has 0 bridgehead atoms. The fourth-order valence-corrected chi connectivity index (χ4v) is 4.51. The Labute approximate surface area is 150 Å². The minimum absolute atomic E-state index is 0.222. The second kappa shape index (κ2) is 7.19. The van der Waals surface area contributed by atoms with E-state index in [2.05, 4.69) is 35.6 Å². The van der Waals surface area contributed by atoms with Crippen LogP contribution in [0.25, 0.3) is 0 Å². The lowest BCUT2D eigenvalue weighted by Gasteiger charge is -2.48. The molecule has 2 N–H and O–H groups in total. The predicted octanol–water partition coefficient (Wildman–Crippen LogP) is 4.22. The van der Waals surface area contributed by atoms with Crippen LogP contribution in [0.1, 0.15) is 49.3 Å². The molecule has 0 radical (unpaired) electrons. The summed E-state index contributed by atoms with van der Waals surface area (Å²) in [6, 6.07) is 18.8. The van der Waals surface area contributed by atoms with Gasteiger partial charge in [0.25, 0.3) is 0 Å². The molecule has 4 rings (SSSR count). The topological polar surface area (TPSA) is 41.5 Å². The average molecular weight is 337 g/mol. The van der Waals surface area contributed by atoms with Gasteiger partial charge in [-0.1, -0.05) is 55.3 Å². The number of aliphatic hydroxyl groups is 1. The van der Waals surface area contributed by atoms with E-state index in [-0.39, 0.29) is 6.04 Å². The molecule has 2 aromatic carbocycles. The zero-order valence-electron chi connectivity index (χ0n) is 14.7. The van der Waals surface area contributed by atoms with Crippen LogP contribution >= 0.6 is 0 Å². The highest BCUT2D eigenvalue weighted by atomic mass is 16.5. The standard InChI is InChI=1S/C22H27NO2/c24-22-12-5-4-11-20(22)21(23-14-13-22)18-9-6-10-19(15-18)25-16-17-7-2-1-3-8-17/h1-3,6-10,15,20-21,23-24H,4-5,11-14,16H2/t20-,21+,22+/m0/s1. The molecular formula is C22H27NO2. The summed E-state index contributed by atoms with van der Waals surface area (Å²) in [5.74, 6) is 1.20. The minimum Gasteiger partial charge on any atom is -0.489 e. The lowest BCUT2D eigenvalue weighted by molar-refractivity contribution is -0.0861. The van der Waals surface area contributed by atoms with E-state index in [1.165, 1.54) is 17.5 Å². The number of hydrogen-bond donors (Lipinski definition) is 2. The van der Waals surface area contributed by atoms with Gasteiger partial charge in [0.2, 0.25) is 0 Å². The first kappa shape index (κ1) is 16.6. The van der Waals surface area contributed by atoms with Crippen LogP contribution in [0.5, 0.6) is 5.75 Å². The summed E-state index contributed by atoms with van der Waals surface area (Å²) in [5, 5.41) is 14.7. The van der Waals surface area contributed by atoms with E-state index in [9.17, 15) is 5.11 Å². The monoisotopic (exact) mass is 337 g/mol. The molecule has 0 spiro atoms. The Balaban J connectivity index is 1.50. The van der Waals surface area contributed by atoms with E-state index in [1.807, 2.05) is 24.3 Å². The first-order valence-electron chi connectivity index (χ1n) is 9.47. The summed E-state index contributed by atoms with van der Waals surface area (Å²) in [7, 11) is 0. The van der Waals surface area contributed by atoms with E-state index in [4.69, 9.17) is 4.74 Å². The highest BCUT2D eigenvalue weighted by molar-refractivity contribution is 5.32. The van der Waals surface area contributed by atoms with Crippen molar-refractivity contribution in [2.45, 2.75) is 50.4 Å². The second-order valence-corrected chi connectivity index (χ2v) is 7.48. The Morgan fingerprint density at radius 1 is 1.04 bits per heavy atom. The zero-order valence-corrected chi connectivity index (χ0v) is 14.7. The van der Waals surface area contributed by atoms with Gasteiger partial charge in [-0.2, -0.15) is 0 Å². The number of piperidine rings is 1. The van der Waals surface area contributed by atoms with Gasteiger partial charge in [-0.25, -0.2) is 0 Å². The molecule has 1 saturated heterocycles. The molecule has 1 heterocycles. The lowest BCUT2D eigenvalue weighted by Crippen LogP contribution is -2.53. The Bertz CT molecular complexity index is 698. The largest absolute Gasteiger partial charge is 0.489 e. The van der Waals surface area contributed by atoms with Gasteiger partial charge in [0, 0.05) is 12.0 Å². The van der Waals surface area contributed by atoms with Crippen molar-refractivity contribution in [2.24, 2.45) is 5.92 Å². The summed E-state index contributed by atoms with van der Waals surface area (Å²) in [6.07, 6.45) is 5.29. The molecule has 3 atom stereocenters. The molecule has 0 amide bonds. The van der Waals surface area contributed by atoms with E-state index < -0.39 is 5.60 Å². The predicted molar refractivity (Wildman–Crippen MR) is 99.5 cm³/mol. The first-order valence-corrected chi connectivity index (χ1v) is 9.47. The van der Waals surface area contributed by atoms with E-state index in [1.54, 1.807) is 0 Å². The second-order valence-electron chi connectivity index (χ2n) is 7.48. The fourth-order valence-electron chi connectivity index (χ4n) is 4.51. The maximum absolute atomic E-state index is 11.1. The van der Waals surface area contributed by atoms with Gasteiger partial charge in [-0.15, -0.1) is 0 Å². The van der Waals surface area contributed by atoms with Crippen LogP contribution in [0.3, 0.4) is 0 Å². The van der Waals surface area contributed by atoms with Crippen molar-refractivity contribution in [3.05, 3.63) is 65.7 Å². The summed E-state index contributed by atoms with van der Waals surface area (Å²) >= 11 is 0. The molecule has 0 unspecified atom stereocenters. The molecule has 2 fully saturated rings. The molecule has 1 aliphatic carbocycles. The molecule has 1 saturated carbocycles. The highest BCUT2D eigenvalue weighted by Crippen LogP contribution is 2.45. The quantitative estimate of drug-likeness (QED) is 0.877. The summed E-state index contributed by atoms with van der Waals surface area (Å²) in [6.45, 7) is 1.46. The van der Waals surface area contributed by atoms with Crippen LogP contribution in [0.4, 0.5) is 0 Å². The van der Waals surface area contributed by atoms with Crippen molar-refractivity contribution in [3.8, 4) is 5.75 Å². The van der Waals surface area contributed by atoms with Crippen molar-refractivity contribution in [1.82, 2.24) is 5.32 Å². The third kappa shape index (κ3) is 3.58. The Kier molecular flexibility index (Phi) is 4.78. The summed E-state index contributed by atoms with van der Waals surface area (Å²) in [4.78, 5) is 0. The Hall–Kier alpha value is -1.84. The van der Waals surface area contributed by atoms with Crippen molar-refractivity contribution in [2.75, 3.05) is 6.54 Å². The Morgan fingerprint density at radius 3 is 2.80 bits per heavy atom. The van der Waals surface area contributed by atoms with E-state index in [0.29, 0.717) is 12.5 Å². The van der Waals surface area contributed by atoms with Gasteiger partial charge in [0.15, 0.2) is 0 Å².